The van der Waals surface area contributed by atoms with E-state index in [0.717, 1.165) is 5.56 Å². The third-order valence-electron chi connectivity index (χ3n) is 1.88. The van der Waals surface area contributed by atoms with Crippen LogP contribution in [0.15, 0.2) is 4.52 Å². The van der Waals surface area contributed by atoms with Crippen LogP contribution in [0.2, 0.25) is 0 Å². The second-order valence-corrected chi connectivity index (χ2v) is 4.54. The molecule has 0 unspecified atom stereocenters. The molecular formula is C10H17N3O2. The van der Waals surface area contributed by atoms with Gasteiger partial charge >= 0.3 is 6.03 Å². The van der Waals surface area contributed by atoms with Gasteiger partial charge in [0.2, 0.25) is 0 Å². The highest BCUT2D eigenvalue weighted by atomic mass is 16.5. The van der Waals surface area contributed by atoms with E-state index in [0.29, 0.717) is 11.6 Å². The number of amides is 2. The molecule has 2 N–H and O–H groups in total. The summed E-state index contributed by atoms with van der Waals surface area (Å²) in [6, 6.07) is -0.279. The van der Waals surface area contributed by atoms with Crippen LogP contribution in [0.1, 0.15) is 32.1 Å². The van der Waals surface area contributed by atoms with Gasteiger partial charge in [-0.15, -0.1) is 0 Å². The number of urea groups is 1. The predicted molar refractivity (Wildman–Crippen MR) is 57.9 cm³/mol. The topological polar surface area (TPSA) is 67.2 Å². The van der Waals surface area contributed by atoms with Gasteiger partial charge in [-0.3, -0.25) is 5.32 Å². The van der Waals surface area contributed by atoms with Gasteiger partial charge in [-0.25, -0.2) is 4.79 Å². The lowest BCUT2D eigenvalue weighted by atomic mass is 10.1. The van der Waals surface area contributed by atoms with Gasteiger partial charge in [0.1, 0.15) is 5.76 Å². The Morgan fingerprint density at radius 2 is 1.93 bits per heavy atom. The van der Waals surface area contributed by atoms with E-state index >= 15 is 0 Å². The maximum Gasteiger partial charge on any atom is 0.320 e. The number of aryl methyl sites for hydroxylation is 1. The van der Waals surface area contributed by atoms with Gasteiger partial charge < -0.3 is 9.84 Å². The predicted octanol–water partition coefficient (Wildman–Crippen LogP) is 2.21. The maximum atomic E-state index is 11.5. The van der Waals surface area contributed by atoms with E-state index in [2.05, 4.69) is 15.8 Å². The number of hydrogen-bond acceptors (Lipinski definition) is 3. The molecule has 15 heavy (non-hydrogen) atoms. The smallest absolute Gasteiger partial charge is 0.320 e. The SMILES string of the molecule is Cc1onc(NC(=O)NC(C)(C)C)c1C. The normalized spacial score (nSPS) is 11.3. The van der Waals surface area contributed by atoms with Gasteiger partial charge in [-0.05, 0) is 34.6 Å². The minimum Gasteiger partial charge on any atom is -0.359 e. The lowest BCUT2D eigenvalue weighted by Crippen LogP contribution is -2.43. The molecule has 5 nitrogen and oxygen atoms in total. The molecule has 0 bridgehead atoms. The van der Waals surface area contributed by atoms with Crippen LogP contribution in [0.25, 0.3) is 0 Å². The van der Waals surface area contributed by atoms with E-state index in [1.54, 1.807) is 6.92 Å². The second kappa shape index (κ2) is 3.92. The van der Waals surface area contributed by atoms with E-state index in [1.807, 2.05) is 27.7 Å². The average Bonchev–Trinajstić information content (AvgIpc) is 2.32. The van der Waals surface area contributed by atoms with Crippen LogP contribution in [0.3, 0.4) is 0 Å². The number of aromatic nitrogens is 1. The molecule has 1 heterocycles. The first-order valence-electron chi connectivity index (χ1n) is 4.81. The summed E-state index contributed by atoms with van der Waals surface area (Å²) in [5.74, 6) is 1.18. The number of nitrogens with zero attached hydrogens (tertiary/aromatic N) is 1. The number of rotatable bonds is 1. The van der Waals surface area contributed by atoms with Crippen molar-refractivity contribution in [3.05, 3.63) is 11.3 Å². The summed E-state index contributed by atoms with van der Waals surface area (Å²) in [6.45, 7) is 9.38. The fourth-order valence-corrected chi connectivity index (χ4v) is 1.01. The molecule has 0 radical (unpaired) electrons. The molecule has 5 heteroatoms. The Bertz CT molecular complexity index is 363. The van der Waals surface area contributed by atoms with Gasteiger partial charge in [-0.2, -0.15) is 0 Å². The molecule has 1 aromatic rings. The van der Waals surface area contributed by atoms with Gasteiger partial charge in [0.05, 0.1) is 0 Å². The van der Waals surface area contributed by atoms with Gasteiger partial charge in [0.15, 0.2) is 5.82 Å². The molecular weight excluding hydrogens is 194 g/mol. The zero-order valence-electron chi connectivity index (χ0n) is 9.76. The highest BCUT2D eigenvalue weighted by Gasteiger charge is 2.16. The van der Waals surface area contributed by atoms with Crippen LogP contribution >= 0.6 is 0 Å². The van der Waals surface area contributed by atoms with Crippen molar-refractivity contribution in [3.63, 3.8) is 0 Å². The van der Waals surface area contributed by atoms with Gasteiger partial charge in [-0.1, -0.05) is 5.16 Å². The van der Waals surface area contributed by atoms with Crippen LogP contribution in [-0.2, 0) is 0 Å². The van der Waals surface area contributed by atoms with E-state index in [9.17, 15) is 4.79 Å². The van der Waals surface area contributed by atoms with E-state index < -0.39 is 0 Å². The monoisotopic (exact) mass is 211 g/mol. The number of carbonyl (C=O) groups excluding carboxylic acids is 1. The molecule has 1 rings (SSSR count). The van der Waals surface area contributed by atoms with Crippen LogP contribution in [0.4, 0.5) is 10.6 Å². The molecule has 0 aliphatic rings. The molecule has 2 amide bonds. The summed E-state index contributed by atoms with van der Waals surface area (Å²) in [7, 11) is 0. The molecule has 1 aromatic heterocycles. The van der Waals surface area contributed by atoms with Gasteiger partial charge in [0.25, 0.3) is 0 Å². The van der Waals surface area contributed by atoms with E-state index in [1.165, 1.54) is 0 Å². The highest BCUT2D eigenvalue weighted by Crippen LogP contribution is 2.16. The number of anilines is 1. The van der Waals surface area contributed by atoms with Crippen molar-refractivity contribution in [2.45, 2.75) is 40.2 Å². The number of carbonyl (C=O) groups is 1. The van der Waals surface area contributed by atoms with E-state index in [-0.39, 0.29) is 11.6 Å². The summed E-state index contributed by atoms with van der Waals surface area (Å²) in [5.41, 5.74) is 0.579. The van der Waals surface area contributed by atoms with Crippen molar-refractivity contribution in [3.8, 4) is 0 Å². The molecule has 0 fully saturated rings. The van der Waals surface area contributed by atoms with E-state index in [4.69, 9.17) is 4.52 Å². The third kappa shape index (κ3) is 3.27. The average molecular weight is 211 g/mol. The largest absolute Gasteiger partial charge is 0.359 e. The van der Waals surface area contributed by atoms with Crippen molar-refractivity contribution in [1.29, 1.82) is 0 Å². The van der Waals surface area contributed by atoms with Crippen molar-refractivity contribution >= 4 is 11.8 Å². The summed E-state index contributed by atoms with van der Waals surface area (Å²) < 4.78 is 4.93. The molecule has 0 atom stereocenters. The fraction of sp³-hybridized carbons (Fsp3) is 0.600. The molecule has 0 spiro atoms. The zero-order chi connectivity index (χ0) is 11.6. The summed E-state index contributed by atoms with van der Waals surface area (Å²) in [5, 5.41) is 9.14. The molecule has 0 aliphatic heterocycles. The van der Waals surface area contributed by atoms with Crippen LogP contribution in [-0.4, -0.2) is 16.7 Å². The molecule has 0 saturated heterocycles. The first-order chi connectivity index (χ1) is 6.79. The van der Waals surface area contributed by atoms with Gasteiger partial charge in [0, 0.05) is 11.1 Å². The Labute approximate surface area is 89.2 Å². The summed E-state index contributed by atoms with van der Waals surface area (Å²) in [4.78, 5) is 11.5. The van der Waals surface area contributed by atoms with Crippen molar-refractivity contribution in [2.75, 3.05) is 5.32 Å². The van der Waals surface area contributed by atoms with Crippen LogP contribution in [0.5, 0.6) is 0 Å². The molecule has 0 aliphatic carbocycles. The first-order valence-corrected chi connectivity index (χ1v) is 4.81. The Hall–Kier alpha value is -1.52. The van der Waals surface area contributed by atoms with Crippen molar-refractivity contribution in [1.82, 2.24) is 10.5 Å². The first kappa shape index (κ1) is 11.6. The Kier molecular flexibility index (Phi) is 3.02. The maximum absolute atomic E-state index is 11.5. The highest BCUT2D eigenvalue weighted by molar-refractivity contribution is 5.89. The second-order valence-electron chi connectivity index (χ2n) is 4.54. The third-order valence-corrected chi connectivity index (χ3v) is 1.88. The Morgan fingerprint density at radius 1 is 1.33 bits per heavy atom. The van der Waals surface area contributed by atoms with Crippen LogP contribution < -0.4 is 10.6 Å². The quantitative estimate of drug-likeness (QED) is 0.748. The van der Waals surface area contributed by atoms with Crippen molar-refractivity contribution in [2.24, 2.45) is 0 Å². The minimum absolute atomic E-state index is 0.267. The lowest BCUT2D eigenvalue weighted by molar-refractivity contribution is 0.243. The summed E-state index contributed by atoms with van der Waals surface area (Å²) >= 11 is 0. The Morgan fingerprint density at radius 3 is 2.33 bits per heavy atom. The number of hydrogen-bond donors (Lipinski definition) is 2. The summed E-state index contributed by atoms with van der Waals surface area (Å²) in [6.07, 6.45) is 0. The standard InChI is InChI=1S/C10H17N3O2/c1-6-7(2)15-13-8(6)11-9(14)12-10(3,4)5/h1-5H3,(H2,11,12,13,14). The molecule has 0 saturated carbocycles. The molecule has 84 valence electrons. The Balaban J connectivity index is 2.63. The lowest BCUT2D eigenvalue weighted by Gasteiger charge is -2.20. The van der Waals surface area contributed by atoms with Crippen molar-refractivity contribution < 1.29 is 9.32 Å². The van der Waals surface area contributed by atoms with Crippen LogP contribution in [0, 0.1) is 13.8 Å². The number of nitrogens with one attached hydrogen (secondary N) is 2. The molecule has 0 aromatic carbocycles. The fourth-order valence-electron chi connectivity index (χ4n) is 1.01. The zero-order valence-corrected chi connectivity index (χ0v) is 9.76. The minimum atomic E-state index is -0.279.